The molecule has 0 amide bonds. The van der Waals surface area contributed by atoms with Crippen LogP contribution in [0.2, 0.25) is 0 Å². The molecule has 2 aromatic rings. The Morgan fingerprint density at radius 3 is 2.79 bits per heavy atom. The normalized spacial score (nSPS) is 10.9. The summed E-state index contributed by atoms with van der Waals surface area (Å²) in [5.41, 5.74) is 8.31. The van der Waals surface area contributed by atoms with Gasteiger partial charge in [0.1, 0.15) is 0 Å². The molecule has 0 aliphatic rings. The first-order valence-electron chi connectivity index (χ1n) is 6.42. The second-order valence-electron chi connectivity index (χ2n) is 4.88. The lowest BCUT2D eigenvalue weighted by atomic mass is 10.1. The molecule has 0 aromatic carbocycles. The first-order valence-corrected chi connectivity index (χ1v) is 6.42. The van der Waals surface area contributed by atoms with Gasteiger partial charge in [-0.15, -0.1) is 0 Å². The average Bonchev–Trinajstić information content (AvgIpc) is 2.74. The fourth-order valence-electron chi connectivity index (χ4n) is 1.75. The van der Waals surface area contributed by atoms with Gasteiger partial charge in [0.2, 0.25) is 5.95 Å². The predicted octanol–water partition coefficient (Wildman–Crippen LogP) is 1.80. The summed E-state index contributed by atoms with van der Waals surface area (Å²) in [5.74, 6) is 1.07. The monoisotopic (exact) mass is 260 g/mol. The highest BCUT2D eigenvalue weighted by molar-refractivity contribution is 5.31. The molecule has 0 saturated heterocycles. The molecule has 0 saturated carbocycles. The second-order valence-corrected chi connectivity index (χ2v) is 4.88. The van der Waals surface area contributed by atoms with E-state index in [1.165, 1.54) is 0 Å². The van der Waals surface area contributed by atoms with Gasteiger partial charge in [-0.25, -0.2) is 9.97 Å². The van der Waals surface area contributed by atoms with E-state index in [9.17, 15) is 0 Å². The zero-order valence-corrected chi connectivity index (χ0v) is 11.6. The first kappa shape index (κ1) is 13.3. The highest BCUT2D eigenvalue weighted by Crippen LogP contribution is 2.14. The van der Waals surface area contributed by atoms with E-state index in [-0.39, 0.29) is 0 Å². The van der Waals surface area contributed by atoms with Gasteiger partial charge < -0.3 is 11.1 Å². The number of nitrogen functional groups attached to an aromatic ring is 1. The van der Waals surface area contributed by atoms with Gasteiger partial charge in [0, 0.05) is 24.1 Å². The minimum absolute atomic E-state index is 0.396. The van der Waals surface area contributed by atoms with Crippen molar-refractivity contribution < 1.29 is 0 Å². The average molecular weight is 260 g/mol. The SMILES string of the molecule is Cc1cc(C(C)C)nc(NCCn2cc(N)cn2)n1. The van der Waals surface area contributed by atoms with E-state index in [1.807, 2.05) is 13.0 Å². The molecular formula is C13H20N6. The largest absolute Gasteiger partial charge is 0.396 e. The Labute approximate surface area is 113 Å². The van der Waals surface area contributed by atoms with Gasteiger partial charge in [-0.3, -0.25) is 4.68 Å². The van der Waals surface area contributed by atoms with Crippen LogP contribution in [0.25, 0.3) is 0 Å². The molecule has 2 rings (SSSR count). The van der Waals surface area contributed by atoms with Crippen LogP contribution in [0.4, 0.5) is 11.6 Å². The highest BCUT2D eigenvalue weighted by atomic mass is 15.3. The predicted molar refractivity (Wildman–Crippen MR) is 76.0 cm³/mol. The molecule has 6 heteroatoms. The van der Waals surface area contributed by atoms with Gasteiger partial charge in [0.05, 0.1) is 18.4 Å². The number of hydrogen-bond acceptors (Lipinski definition) is 5. The first-order chi connectivity index (χ1) is 9.04. The molecule has 2 aromatic heterocycles. The van der Waals surface area contributed by atoms with E-state index in [0.717, 1.165) is 17.9 Å². The minimum atomic E-state index is 0.396. The van der Waals surface area contributed by atoms with Crippen molar-refractivity contribution in [3.05, 3.63) is 29.8 Å². The third kappa shape index (κ3) is 3.67. The summed E-state index contributed by atoms with van der Waals surface area (Å²) in [5, 5.41) is 7.34. The second kappa shape index (κ2) is 5.69. The number of aryl methyl sites for hydroxylation is 1. The van der Waals surface area contributed by atoms with E-state index in [4.69, 9.17) is 5.73 Å². The lowest BCUT2D eigenvalue weighted by Gasteiger charge is -2.10. The van der Waals surface area contributed by atoms with Crippen molar-refractivity contribution in [3.63, 3.8) is 0 Å². The summed E-state index contributed by atoms with van der Waals surface area (Å²) >= 11 is 0. The molecule has 0 aliphatic carbocycles. The van der Waals surface area contributed by atoms with Gasteiger partial charge in [-0.05, 0) is 18.9 Å². The molecule has 19 heavy (non-hydrogen) atoms. The molecular weight excluding hydrogens is 240 g/mol. The third-order valence-electron chi connectivity index (χ3n) is 2.74. The van der Waals surface area contributed by atoms with Crippen LogP contribution in [0.1, 0.15) is 31.2 Å². The van der Waals surface area contributed by atoms with Crippen LogP contribution in [0.15, 0.2) is 18.5 Å². The van der Waals surface area contributed by atoms with Gasteiger partial charge in [0.25, 0.3) is 0 Å². The number of hydrogen-bond donors (Lipinski definition) is 2. The Bertz CT molecular complexity index is 546. The molecule has 0 radical (unpaired) electrons. The number of nitrogens with one attached hydrogen (secondary N) is 1. The zero-order valence-electron chi connectivity index (χ0n) is 11.6. The van der Waals surface area contributed by atoms with Crippen LogP contribution in [-0.4, -0.2) is 26.3 Å². The third-order valence-corrected chi connectivity index (χ3v) is 2.74. The fraction of sp³-hybridized carbons (Fsp3) is 0.462. The Morgan fingerprint density at radius 2 is 2.16 bits per heavy atom. The Kier molecular flexibility index (Phi) is 3.99. The van der Waals surface area contributed by atoms with E-state index in [1.54, 1.807) is 17.1 Å². The van der Waals surface area contributed by atoms with E-state index >= 15 is 0 Å². The van der Waals surface area contributed by atoms with E-state index < -0.39 is 0 Å². The molecule has 3 N–H and O–H groups in total. The van der Waals surface area contributed by atoms with Crippen LogP contribution < -0.4 is 11.1 Å². The number of anilines is 2. The summed E-state index contributed by atoms with van der Waals surface area (Å²) in [6.45, 7) is 7.66. The highest BCUT2D eigenvalue weighted by Gasteiger charge is 2.05. The minimum Gasteiger partial charge on any atom is -0.396 e. The summed E-state index contributed by atoms with van der Waals surface area (Å²) in [6, 6.07) is 2.02. The Hall–Kier alpha value is -2.11. The van der Waals surface area contributed by atoms with Crippen molar-refractivity contribution in [2.75, 3.05) is 17.6 Å². The quantitative estimate of drug-likeness (QED) is 0.856. The number of nitrogens with two attached hydrogens (primary N) is 1. The standard InChI is InChI=1S/C13H20N6/c1-9(2)12-6-10(3)17-13(18-12)15-4-5-19-8-11(14)7-16-19/h6-9H,4-5,14H2,1-3H3,(H,15,17,18). The maximum atomic E-state index is 5.61. The van der Waals surface area contributed by atoms with Crippen molar-refractivity contribution in [2.45, 2.75) is 33.2 Å². The van der Waals surface area contributed by atoms with Gasteiger partial charge in [-0.2, -0.15) is 5.10 Å². The number of nitrogens with zero attached hydrogens (tertiary/aromatic N) is 4. The topological polar surface area (TPSA) is 81.7 Å². The van der Waals surface area contributed by atoms with E-state index in [2.05, 4.69) is 34.2 Å². The lowest BCUT2D eigenvalue weighted by Crippen LogP contribution is -2.13. The van der Waals surface area contributed by atoms with Crippen LogP contribution in [0.3, 0.4) is 0 Å². The molecule has 2 heterocycles. The van der Waals surface area contributed by atoms with Gasteiger partial charge in [-0.1, -0.05) is 13.8 Å². The summed E-state index contributed by atoms with van der Waals surface area (Å²) in [4.78, 5) is 8.87. The van der Waals surface area contributed by atoms with Crippen LogP contribution in [0.5, 0.6) is 0 Å². The molecule has 6 nitrogen and oxygen atoms in total. The molecule has 0 bridgehead atoms. The van der Waals surface area contributed by atoms with Crippen molar-refractivity contribution in [3.8, 4) is 0 Å². The number of aromatic nitrogens is 4. The Balaban J connectivity index is 1.95. The summed E-state index contributed by atoms with van der Waals surface area (Å²) < 4.78 is 1.79. The van der Waals surface area contributed by atoms with Crippen LogP contribution >= 0.6 is 0 Å². The number of rotatable bonds is 5. The molecule has 0 spiro atoms. The summed E-state index contributed by atoms with van der Waals surface area (Å²) in [6.07, 6.45) is 3.44. The molecule has 0 fully saturated rings. The van der Waals surface area contributed by atoms with Crippen molar-refractivity contribution >= 4 is 11.6 Å². The molecule has 0 atom stereocenters. The fourth-order valence-corrected chi connectivity index (χ4v) is 1.75. The van der Waals surface area contributed by atoms with E-state index in [0.29, 0.717) is 24.1 Å². The molecule has 0 aliphatic heterocycles. The van der Waals surface area contributed by atoms with Crippen molar-refractivity contribution in [1.82, 2.24) is 19.7 Å². The Morgan fingerprint density at radius 1 is 1.37 bits per heavy atom. The lowest BCUT2D eigenvalue weighted by molar-refractivity contribution is 0.635. The maximum Gasteiger partial charge on any atom is 0.223 e. The summed E-state index contributed by atoms with van der Waals surface area (Å²) in [7, 11) is 0. The maximum absolute atomic E-state index is 5.61. The smallest absolute Gasteiger partial charge is 0.223 e. The van der Waals surface area contributed by atoms with Crippen molar-refractivity contribution in [2.24, 2.45) is 0 Å². The molecule has 102 valence electrons. The van der Waals surface area contributed by atoms with Gasteiger partial charge >= 0.3 is 0 Å². The zero-order chi connectivity index (χ0) is 13.8. The van der Waals surface area contributed by atoms with Crippen LogP contribution in [0, 0.1) is 6.92 Å². The van der Waals surface area contributed by atoms with Crippen LogP contribution in [-0.2, 0) is 6.54 Å². The molecule has 0 unspecified atom stereocenters. The van der Waals surface area contributed by atoms with Gasteiger partial charge in [0.15, 0.2) is 0 Å². The van der Waals surface area contributed by atoms with Crippen molar-refractivity contribution in [1.29, 1.82) is 0 Å².